The van der Waals surface area contributed by atoms with Gasteiger partial charge in [0.05, 0.1) is 0 Å². The summed E-state index contributed by atoms with van der Waals surface area (Å²) in [6, 6.07) is 0. The van der Waals surface area contributed by atoms with Crippen LogP contribution in [-0.2, 0) is 14.3 Å². The largest absolute Gasteiger partial charge is 0.481 e. The van der Waals surface area contributed by atoms with E-state index in [1.165, 1.54) is 96.3 Å². The van der Waals surface area contributed by atoms with Gasteiger partial charge in [-0.1, -0.05) is 122 Å². The van der Waals surface area contributed by atoms with Crippen molar-refractivity contribution in [3.8, 4) is 0 Å². The number of hydrogen-bond acceptors (Lipinski definition) is 3. The second kappa shape index (κ2) is 30.2. The fourth-order valence-electron chi connectivity index (χ4n) is 5.00. The number of unbranched alkanes of at least 4 members (excludes halogenated alkanes) is 19. The van der Waals surface area contributed by atoms with E-state index in [1.807, 2.05) is 0 Å². The Hall–Kier alpha value is -1.32. The van der Waals surface area contributed by atoms with Crippen molar-refractivity contribution in [1.82, 2.24) is 0 Å². The van der Waals surface area contributed by atoms with Crippen molar-refractivity contribution in [3.05, 3.63) is 12.2 Å². The third kappa shape index (κ3) is 29.2. The molecule has 0 aromatic carbocycles. The number of carboxylic acid groups (broad SMARTS) is 1. The molecule has 0 aliphatic rings. The van der Waals surface area contributed by atoms with Crippen molar-refractivity contribution in [3.63, 3.8) is 0 Å². The minimum Gasteiger partial charge on any atom is -0.481 e. The third-order valence-corrected chi connectivity index (χ3v) is 7.49. The molecule has 0 heterocycles. The van der Waals surface area contributed by atoms with Crippen molar-refractivity contribution < 1.29 is 19.4 Å². The lowest BCUT2D eigenvalue weighted by Crippen LogP contribution is -2.18. The minimum atomic E-state index is -0.704. The summed E-state index contributed by atoms with van der Waals surface area (Å²) in [4.78, 5) is 23.0. The first-order valence-electron chi connectivity index (χ1n) is 16.7. The Morgan fingerprint density at radius 2 is 0.947 bits per heavy atom. The monoisotopic (exact) mass is 536 g/mol. The van der Waals surface area contributed by atoms with E-state index >= 15 is 0 Å². The van der Waals surface area contributed by atoms with Crippen LogP contribution in [0.1, 0.15) is 187 Å². The molecule has 0 aromatic heterocycles. The van der Waals surface area contributed by atoms with Crippen LogP contribution in [-0.4, -0.2) is 23.1 Å². The Morgan fingerprint density at radius 3 is 1.47 bits per heavy atom. The summed E-state index contributed by atoms with van der Waals surface area (Å²) < 4.78 is 5.86. The van der Waals surface area contributed by atoms with E-state index in [4.69, 9.17) is 9.84 Å². The van der Waals surface area contributed by atoms with Crippen LogP contribution in [0.5, 0.6) is 0 Å². The highest BCUT2D eigenvalue weighted by Gasteiger charge is 2.14. The van der Waals surface area contributed by atoms with Gasteiger partial charge >= 0.3 is 11.9 Å². The molecule has 4 heteroatoms. The fraction of sp³-hybridized carbons (Fsp3) is 0.882. The van der Waals surface area contributed by atoms with E-state index < -0.39 is 5.97 Å². The van der Waals surface area contributed by atoms with Gasteiger partial charge in [-0.3, -0.25) is 9.59 Å². The molecule has 0 spiro atoms. The molecular weight excluding hydrogens is 472 g/mol. The number of carbonyl (C=O) groups excluding carboxylic acids is 1. The zero-order chi connectivity index (χ0) is 27.9. The molecule has 1 N–H and O–H groups in total. The number of allylic oxidation sites excluding steroid dienone is 2. The molecule has 0 aliphatic carbocycles. The summed E-state index contributed by atoms with van der Waals surface area (Å²) in [7, 11) is 0. The predicted molar refractivity (Wildman–Crippen MR) is 163 cm³/mol. The average Bonchev–Trinajstić information content (AvgIpc) is 2.89. The molecule has 1 atom stereocenters. The fourth-order valence-corrected chi connectivity index (χ4v) is 5.00. The van der Waals surface area contributed by atoms with Crippen molar-refractivity contribution in [2.45, 2.75) is 193 Å². The SMILES string of the molecule is CCCCCCCC/C=C\CCCCCCCCCC(=O)OC(CCCCC)CCCCCCCC(=O)O. The number of aliphatic carboxylic acids is 1. The lowest BCUT2D eigenvalue weighted by Gasteiger charge is -2.18. The van der Waals surface area contributed by atoms with Gasteiger partial charge in [0.15, 0.2) is 0 Å². The molecule has 0 aromatic rings. The highest BCUT2D eigenvalue weighted by molar-refractivity contribution is 5.69. The van der Waals surface area contributed by atoms with Crippen LogP contribution in [0.25, 0.3) is 0 Å². The summed E-state index contributed by atoms with van der Waals surface area (Å²) in [5.41, 5.74) is 0. The van der Waals surface area contributed by atoms with Crippen LogP contribution >= 0.6 is 0 Å². The number of carbonyl (C=O) groups is 2. The van der Waals surface area contributed by atoms with Crippen LogP contribution in [0.15, 0.2) is 12.2 Å². The molecule has 0 rings (SSSR count). The molecule has 0 saturated heterocycles. The Bertz CT molecular complexity index is 543. The van der Waals surface area contributed by atoms with Gasteiger partial charge < -0.3 is 9.84 Å². The van der Waals surface area contributed by atoms with Crippen molar-refractivity contribution in [2.24, 2.45) is 0 Å². The zero-order valence-corrected chi connectivity index (χ0v) is 25.5. The van der Waals surface area contributed by atoms with Crippen LogP contribution in [0.2, 0.25) is 0 Å². The maximum Gasteiger partial charge on any atom is 0.306 e. The molecule has 4 nitrogen and oxygen atoms in total. The Kier molecular flexibility index (Phi) is 29.2. The van der Waals surface area contributed by atoms with Gasteiger partial charge in [-0.15, -0.1) is 0 Å². The second-order valence-electron chi connectivity index (χ2n) is 11.3. The molecular formula is C34H64O4. The normalized spacial score (nSPS) is 12.3. The maximum absolute atomic E-state index is 12.4. The molecule has 0 saturated carbocycles. The summed E-state index contributed by atoms with van der Waals surface area (Å²) in [6.07, 6.45) is 35.3. The van der Waals surface area contributed by atoms with Gasteiger partial charge in [0.25, 0.3) is 0 Å². The Labute approximate surface area is 236 Å². The predicted octanol–water partition coefficient (Wildman–Crippen LogP) is 11.1. The lowest BCUT2D eigenvalue weighted by molar-refractivity contribution is -0.150. The first kappa shape index (κ1) is 36.7. The molecule has 0 amide bonds. The van der Waals surface area contributed by atoms with E-state index in [1.54, 1.807) is 0 Å². The molecule has 0 radical (unpaired) electrons. The topological polar surface area (TPSA) is 63.6 Å². The van der Waals surface area contributed by atoms with Gasteiger partial charge in [-0.25, -0.2) is 0 Å². The van der Waals surface area contributed by atoms with Crippen molar-refractivity contribution in [1.29, 1.82) is 0 Å². The Balaban J connectivity index is 3.70. The smallest absolute Gasteiger partial charge is 0.306 e. The summed E-state index contributed by atoms with van der Waals surface area (Å²) >= 11 is 0. The number of rotatable bonds is 30. The Morgan fingerprint density at radius 1 is 0.553 bits per heavy atom. The quantitative estimate of drug-likeness (QED) is 0.0563. The van der Waals surface area contributed by atoms with Crippen LogP contribution in [0.3, 0.4) is 0 Å². The van der Waals surface area contributed by atoms with Gasteiger partial charge in [0.2, 0.25) is 0 Å². The number of ether oxygens (including phenoxy) is 1. The van der Waals surface area contributed by atoms with E-state index in [0.29, 0.717) is 6.42 Å². The number of esters is 1. The van der Waals surface area contributed by atoms with E-state index in [9.17, 15) is 9.59 Å². The first-order chi connectivity index (χ1) is 18.6. The van der Waals surface area contributed by atoms with Gasteiger partial charge in [-0.05, 0) is 64.2 Å². The van der Waals surface area contributed by atoms with Gasteiger partial charge in [0.1, 0.15) is 6.10 Å². The van der Waals surface area contributed by atoms with Crippen molar-refractivity contribution in [2.75, 3.05) is 0 Å². The standard InChI is InChI=1S/C34H64O4/c1-3-5-7-8-9-10-11-12-13-14-15-16-17-18-19-23-27-31-34(37)38-32(28-24-6-4-2)29-25-21-20-22-26-30-33(35)36/h12-13,32H,3-11,14-31H2,1-2H3,(H,35,36)/b13-12-. The van der Waals surface area contributed by atoms with Crippen LogP contribution in [0, 0.1) is 0 Å². The summed E-state index contributed by atoms with van der Waals surface area (Å²) in [6.45, 7) is 4.47. The lowest BCUT2D eigenvalue weighted by atomic mass is 10.0. The highest BCUT2D eigenvalue weighted by atomic mass is 16.5. The molecule has 1 unspecified atom stereocenters. The maximum atomic E-state index is 12.4. The van der Waals surface area contributed by atoms with Crippen LogP contribution in [0.4, 0.5) is 0 Å². The number of carboxylic acids is 1. The zero-order valence-electron chi connectivity index (χ0n) is 25.5. The summed E-state index contributed by atoms with van der Waals surface area (Å²) in [5, 5.41) is 8.72. The molecule has 0 aliphatic heterocycles. The van der Waals surface area contributed by atoms with E-state index in [2.05, 4.69) is 26.0 Å². The third-order valence-electron chi connectivity index (χ3n) is 7.49. The molecule has 38 heavy (non-hydrogen) atoms. The van der Waals surface area contributed by atoms with Crippen LogP contribution < -0.4 is 0 Å². The summed E-state index contributed by atoms with van der Waals surface area (Å²) in [5.74, 6) is -0.717. The second-order valence-corrected chi connectivity index (χ2v) is 11.3. The highest BCUT2D eigenvalue weighted by Crippen LogP contribution is 2.18. The molecule has 0 fully saturated rings. The van der Waals surface area contributed by atoms with Crippen molar-refractivity contribution >= 4 is 11.9 Å². The van der Waals surface area contributed by atoms with Gasteiger partial charge in [-0.2, -0.15) is 0 Å². The average molecular weight is 537 g/mol. The number of hydrogen-bond donors (Lipinski definition) is 1. The first-order valence-corrected chi connectivity index (χ1v) is 16.7. The molecule has 0 bridgehead atoms. The van der Waals surface area contributed by atoms with Gasteiger partial charge in [0, 0.05) is 12.8 Å². The molecule has 224 valence electrons. The van der Waals surface area contributed by atoms with E-state index in [-0.39, 0.29) is 18.5 Å². The minimum absolute atomic E-state index is 0.0132. The van der Waals surface area contributed by atoms with E-state index in [0.717, 1.165) is 64.2 Å².